The van der Waals surface area contributed by atoms with E-state index in [4.69, 9.17) is 0 Å². The van der Waals surface area contributed by atoms with E-state index in [-0.39, 0.29) is 6.04 Å². The van der Waals surface area contributed by atoms with Crippen molar-refractivity contribution in [3.8, 4) is 0 Å². The van der Waals surface area contributed by atoms with Crippen molar-refractivity contribution in [3.63, 3.8) is 0 Å². The molecule has 1 amide bonds. The van der Waals surface area contributed by atoms with Gasteiger partial charge in [-0.05, 0) is 41.5 Å². The number of hydrogen-bond donors (Lipinski definition) is 2. The maximum Gasteiger partial charge on any atom is 0.407 e. The van der Waals surface area contributed by atoms with E-state index in [1.807, 2.05) is 18.2 Å². The standard InChI is InChI=1S/C22H26N2O3/c25-19(15-23-11-9-16-5-1-2-7-18(16)14-23)13-21-20-8-4-3-6-17(20)10-12-24(21)22(26)27/h1-8,19,21,25H,9-15H2,(H,26,27). The number of fused-ring (bicyclic) bond motifs is 2. The molecule has 0 aliphatic carbocycles. The van der Waals surface area contributed by atoms with Crippen LogP contribution in [0.1, 0.15) is 34.7 Å². The van der Waals surface area contributed by atoms with Crippen LogP contribution >= 0.6 is 0 Å². The number of benzene rings is 2. The minimum Gasteiger partial charge on any atom is -0.465 e. The van der Waals surface area contributed by atoms with Gasteiger partial charge in [-0.15, -0.1) is 0 Å². The molecule has 0 fully saturated rings. The molecule has 2 aliphatic rings. The number of nitrogens with zero attached hydrogens (tertiary/aromatic N) is 2. The zero-order chi connectivity index (χ0) is 18.8. The van der Waals surface area contributed by atoms with Gasteiger partial charge in [0.05, 0.1) is 12.1 Å². The lowest BCUT2D eigenvalue weighted by atomic mass is 9.89. The molecule has 0 radical (unpaired) electrons. The number of rotatable bonds is 4. The Morgan fingerprint density at radius 3 is 2.44 bits per heavy atom. The second-order valence-electron chi connectivity index (χ2n) is 7.58. The maximum absolute atomic E-state index is 11.7. The van der Waals surface area contributed by atoms with Gasteiger partial charge in [-0.25, -0.2) is 4.79 Å². The Kier molecular flexibility index (Phi) is 5.14. The van der Waals surface area contributed by atoms with Crippen molar-refractivity contribution in [2.75, 3.05) is 19.6 Å². The number of carbonyl (C=O) groups is 1. The highest BCUT2D eigenvalue weighted by Gasteiger charge is 2.32. The average Bonchev–Trinajstić information content (AvgIpc) is 2.68. The number of β-amino-alcohol motifs (C(OH)–C–C–N with tert-alkyl or cyclic N) is 1. The molecule has 0 aromatic heterocycles. The summed E-state index contributed by atoms with van der Waals surface area (Å²) in [6, 6.07) is 16.2. The van der Waals surface area contributed by atoms with Crippen molar-refractivity contribution < 1.29 is 15.0 Å². The van der Waals surface area contributed by atoms with Crippen LogP contribution in [0.15, 0.2) is 48.5 Å². The first-order valence-corrected chi connectivity index (χ1v) is 9.66. The summed E-state index contributed by atoms with van der Waals surface area (Å²) in [5.41, 5.74) is 4.95. The molecule has 2 heterocycles. The molecule has 2 aliphatic heterocycles. The first-order valence-electron chi connectivity index (χ1n) is 9.66. The van der Waals surface area contributed by atoms with Crippen LogP contribution in [0, 0.1) is 0 Å². The van der Waals surface area contributed by atoms with Crippen molar-refractivity contribution in [1.82, 2.24) is 9.80 Å². The minimum absolute atomic E-state index is 0.278. The van der Waals surface area contributed by atoms with Gasteiger partial charge in [0, 0.05) is 26.2 Å². The predicted octanol–water partition coefficient (Wildman–Crippen LogP) is 3.07. The Labute approximate surface area is 159 Å². The monoisotopic (exact) mass is 366 g/mol. The Morgan fingerprint density at radius 2 is 1.67 bits per heavy atom. The van der Waals surface area contributed by atoms with Gasteiger partial charge in [-0.1, -0.05) is 48.5 Å². The van der Waals surface area contributed by atoms with Gasteiger partial charge >= 0.3 is 6.09 Å². The third kappa shape index (κ3) is 3.84. The molecule has 5 heteroatoms. The van der Waals surface area contributed by atoms with Crippen LogP contribution in [0.4, 0.5) is 4.79 Å². The fourth-order valence-corrected chi connectivity index (χ4v) is 4.48. The van der Waals surface area contributed by atoms with E-state index >= 15 is 0 Å². The van der Waals surface area contributed by atoms with E-state index in [0.717, 1.165) is 31.5 Å². The second kappa shape index (κ2) is 7.71. The molecule has 2 atom stereocenters. The zero-order valence-electron chi connectivity index (χ0n) is 15.4. The highest BCUT2D eigenvalue weighted by atomic mass is 16.4. The van der Waals surface area contributed by atoms with Crippen LogP contribution in [0.5, 0.6) is 0 Å². The highest BCUT2D eigenvalue weighted by molar-refractivity contribution is 5.66. The molecule has 2 unspecified atom stereocenters. The van der Waals surface area contributed by atoms with Gasteiger partial charge in [-0.3, -0.25) is 4.90 Å². The normalized spacial score (nSPS) is 20.6. The lowest BCUT2D eigenvalue weighted by molar-refractivity contribution is 0.0598. The summed E-state index contributed by atoms with van der Waals surface area (Å²) in [6.07, 6.45) is 0.692. The van der Waals surface area contributed by atoms with E-state index in [9.17, 15) is 15.0 Å². The van der Waals surface area contributed by atoms with Gasteiger partial charge in [0.2, 0.25) is 0 Å². The Balaban J connectivity index is 1.45. The van der Waals surface area contributed by atoms with Crippen LogP contribution in [0.3, 0.4) is 0 Å². The first-order chi connectivity index (χ1) is 13.1. The van der Waals surface area contributed by atoms with E-state index in [1.165, 1.54) is 21.6 Å². The quantitative estimate of drug-likeness (QED) is 0.873. The third-order valence-electron chi connectivity index (χ3n) is 5.83. The second-order valence-corrected chi connectivity index (χ2v) is 7.58. The summed E-state index contributed by atoms with van der Waals surface area (Å²) in [5.74, 6) is 0. The Morgan fingerprint density at radius 1 is 1.00 bits per heavy atom. The molecule has 0 spiro atoms. The molecule has 2 aromatic carbocycles. The first kappa shape index (κ1) is 18.0. The molecule has 0 bridgehead atoms. The van der Waals surface area contributed by atoms with E-state index in [1.54, 1.807) is 0 Å². The molecule has 2 aromatic rings. The molecular formula is C22H26N2O3. The van der Waals surface area contributed by atoms with Gasteiger partial charge in [0.15, 0.2) is 0 Å². The lowest BCUT2D eigenvalue weighted by Gasteiger charge is -2.37. The largest absolute Gasteiger partial charge is 0.465 e. The van der Waals surface area contributed by atoms with Crippen molar-refractivity contribution in [2.24, 2.45) is 0 Å². The van der Waals surface area contributed by atoms with Crippen LogP contribution in [-0.2, 0) is 19.4 Å². The van der Waals surface area contributed by atoms with E-state index < -0.39 is 12.2 Å². The summed E-state index contributed by atoms with van der Waals surface area (Å²) in [4.78, 5) is 15.5. The molecule has 142 valence electrons. The minimum atomic E-state index is -0.909. The zero-order valence-corrected chi connectivity index (χ0v) is 15.4. The van der Waals surface area contributed by atoms with Crippen LogP contribution in [0.2, 0.25) is 0 Å². The van der Waals surface area contributed by atoms with Gasteiger partial charge in [0.1, 0.15) is 0 Å². The SMILES string of the molecule is O=C(O)N1CCc2ccccc2C1CC(O)CN1CCc2ccccc2C1. The van der Waals surface area contributed by atoms with Crippen molar-refractivity contribution in [2.45, 2.75) is 38.0 Å². The van der Waals surface area contributed by atoms with Crippen LogP contribution < -0.4 is 0 Å². The Hall–Kier alpha value is -2.37. The highest BCUT2D eigenvalue weighted by Crippen LogP contribution is 2.33. The van der Waals surface area contributed by atoms with Crippen molar-refractivity contribution in [3.05, 3.63) is 70.8 Å². The fraction of sp³-hybridized carbons (Fsp3) is 0.409. The molecule has 4 rings (SSSR count). The summed E-state index contributed by atoms with van der Waals surface area (Å²) < 4.78 is 0. The topological polar surface area (TPSA) is 64.0 Å². The molecule has 2 N–H and O–H groups in total. The summed E-state index contributed by atoms with van der Waals surface area (Å²) in [5, 5.41) is 20.4. The predicted molar refractivity (Wildman–Crippen MR) is 104 cm³/mol. The maximum atomic E-state index is 11.7. The Bertz CT molecular complexity index is 823. The molecular weight excluding hydrogens is 340 g/mol. The smallest absolute Gasteiger partial charge is 0.407 e. The number of aliphatic hydroxyl groups excluding tert-OH is 1. The van der Waals surface area contributed by atoms with E-state index in [2.05, 4.69) is 35.2 Å². The van der Waals surface area contributed by atoms with Crippen LogP contribution in [-0.4, -0.2) is 51.8 Å². The molecule has 27 heavy (non-hydrogen) atoms. The number of aliphatic hydroxyl groups is 1. The lowest BCUT2D eigenvalue weighted by Crippen LogP contribution is -2.43. The number of hydrogen-bond acceptors (Lipinski definition) is 3. The number of amides is 1. The van der Waals surface area contributed by atoms with Gasteiger partial charge in [-0.2, -0.15) is 0 Å². The fourth-order valence-electron chi connectivity index (χ4n) is 4.48. The molecule has 0 saturated carbocycles. The third-order valence-corrected chi connectivity index (χ3v) is 5.83. The molecule has 5 nitrogen and oxygen atoms in total. The molecule has 0 saturated heterocycles. The van der Waals surface area contributed by atoms with Crippen molar-refractivity contribution in [1.29, 1.82) is 0 Å². The average molecular weight is 366 g/mol. The van der Waals surface area contributed by atoms with Crippen molar-refractivity contribution >= 4 is 6.09 Å². The van der Waals surface area contributed by atoms with E-state index in [0.29, 0.717) is 19.5 Å². The summed E-state index contributed by atoms with van der Waals surface area (Å²) in [7, 11) is 0. The van der Waals surface area contributed by atoms with Gasteiger partial charge in [0.25, 0.3) is 0 Å². The number of carboxylic acid groups (broad SMARTS) is 1. The van der Waals surface area contributed by atoms with Crippen LogP contribution in [0.25, 0.3) is 0 Å². The van der Waals surface area contributed by atoms with Gasteiger partial charge < -0.3 is 15.1 Å². The summed E-state index contributed by atoms with van der Waals surface area (Å²) >= 11 is 0. The summed E-state index contributed by atoms with van der Waals surface area (Å²) in [6.45, 7) is 2.83.